The summed E-state index contributed by atoms with van der Waals surface area (Å²) in [6.45, 7) is 2.06. The molecule has 0 atom stereocenters. The van der Waals surface area contributed by atoms with Crippen LogP contribution in [0.15, 0.2) is 42.5 Å². The van der Waals surface area contributed by atoms with Crippen molar-refractivity contribution in [1.29, 1.82) is 0 Å². The monoisotopic (exact) mass is 283 g/mol. The highest BCUT2D eigenvalue weighted by atomic mass is 35.5. The van der Waals surface area contributed by atoms with Gasteiger partial charge in [0.25, 0.3) is 0 Å². The van der Waals surface area contributed by atoms with Gasteiger partial charge >= 0.3 is 0 Å². The fourth-order valence-electron chi connectivity index (χ4n) is 2.21. The highest BCUT2D eigenvalue weighted by Crippen LogP contribution is 2.27. The molecule has 20 heavy (non-hydrogen) atoms. The number of anilines is 1. The van der Waals surface area contributed by atoms with Crippen LogP contribution < -0.4 is 5.32 Å². The maximum atomic E-state index is 5.92. The van der Waals surface area contributed by atoms with Crippen molar-refractivity contribution in [3.8, 4) is 11.4 Å². The zero-order valence-corrected chi connectivity index (χ0v) is 12.1. The van der Waals surface area contributed by atoms with Gasteiger partial charge in [0.05, 0.1) is 5.52 Å². The van der Waals surface area contributed by atoms with Gasteiger partial charge in [0.15, 0.2) is 5.82 Å². The molecule has 1 heterocycles. The highest BCUT2D eigenvalue weighted by molar-refractivity contribution is 6.30. The quantitative estimate of drug-likeness (QED) is 0.762. The second-order valence-electron chi connectivity index (χ2n) is 4.62. The summed E-state index contributed by atoms with van der Waals surface area (Å²) in [5.41, 5.74) is 3.06. The van der Waals surface area contributed by atoms with Crippen molar-refractivity contribution in [2.75, 3.05) is 12.4 Å². The lowest BCUT2D eigenvalue weighted by Crippen LogP contribution is -1.99. The number of hydrogen-bond donors (Lipinski definition) is 1. The zero-order chi connectivity index (χ0) is 14.1. The fourth-order valence-corrected chi connectivity index (χ4v) is 2.34. The summed E-state index contributed by atoms with van der Waals surface area (Å²) >= 11 is 5.92. The molecule has 0 saturated heterocycles. The molecule has 100 valence electrons. The lowest BCUT2D eigenvalue weighted by molar-refractivity contribution is 1.20. The van der Waals surface area contributed by atoms with E-state index in [0.717, 1.165) is 27.8 Å². The summed E-state index contributed by atoms with van der Waals surface area (Å²) in [6, 6.07) is 13.7. The molecule has 3 rings (SSSR count). The first-order valence-corrected chi connectivity index (χ1v) is 6.78. The molecule has 0 spiro atoms. The van der Waals surface area contributed by atoms with Crippen LogP contribution in [0.5, 0.6) is 0 Å². The van der Waals surface area contributed by atoms with E-state index in [2.05, 4.69) is 28.3 Å². The molecule has 0 bridgehead atoms. The summed E-state index contributed by atoms with van der Waals surface area (Å²) in [5.74, 6) is 1.54. The van der Waals surface area contributed by atoms with Crippen LogP contribution >= 0.6 is 11.6 Å². The lowest BCUT2D eigenvalue weighted by atomic mass is 10.1. The third-order valence-corrected chi connectivity index (χ3v) is 3.52. The fraction of sp³-hybridized carbons (Fsp3) is 0.125. The Morgan fingerprint density at radius 1 is 1.00 bits per heavy atom. The van der Waals surface area contributed by atoms with Crippen molar-refractivity contribution in [2.45, 2.75) is 6.92 Å². The predicted octanol–water partition coefficient (Wildman–Crippen LogP) is 4.30. The Bertz CT molecular complexity index is 767. The van der Waals surface area contributed by atoms with Crippen molar-refractivity contribution in [2.24, 2.45) is 0 Å². The van der Waals surface area contributed by atoms with Gasteiger partial charge in [0.1, 0.15) is 5.82 Å². The normalized spacial score (nSPS) is 10.8. The Kier molecular flexibility index (Phi) is 3.28. The topological polar surface area (TPSA) is 37.8 Å². The number of hydrogen-bond acceptors (Lipinski definition) is 3. The van der Waals surface area contributed by atoms with E-state index in [9.17, 15) is 0 Å². The minimum Gasteiger partial charge on any atom is -0.373 e. The van der Waals surface area contributed by atoms with Gasteiger partial charge < -0.3 is 5.32 Å². The Morgan fingerprint density at radius 2 is 1.75 bits per heavy atom. The van der Waals surface area contributed by atoms with Crippen molar-refractivity contribution in [3.05, 3.63) is 53.1 Å². The first kappa shape index (κ1) is 12.9. The Hall–Kier alpha value is -2.13. The number of rotatable bonds is 2. The Balaban J connectivity index is 2.27. The van der Waals surface area contributed by atoms with E-state index >= 15 is 0 Å². The van der Waals surface area contributed by atoms with Gasteiger partial charge in [0.2, 0.25) is 0 Å². The van der Waals surface area contributed by atoms with Gasteiger partial charge in [-0.25, -0.2) is 9.97 Å². The minimum atomic E-state index is 0.702. The molecule has 2 aromatic carbocycles. The smallest absolute Gasteiger partial charge is 0.162 e. The summed E-state index contributed by atoms with van der Waals surface area (Å²) in [5, 5.41) is 4.88. The van der Waals surface area contributed by atoms with Crippen molar-refractivity contribution in [1.82, 2.24) is 9.97 Å². The Morgan fingerprint density at radius 3 is 2.45 bits per heavy atom. The number of nitrogens with one attached hydrogen (secondary N) is 1. The summed E-state index contributed by atoms with van der Waals surface area (Å²) in [7, 11) is 1.87. The number of fused-ring (bicyclic) bond motifs is 1. The van der Waals surface area contributed by atoms with Crippen LogP contribution in [0.1, 0.15) is 5.56 Å². The van der Waals surface area contributed by atoms with E-state index < -0.39 is 0 Å². The average Bonchev–Trinajstić information content (AvgIpc) is 2.47. The number of aromatic nitrogens is 2. The van der Waals surface area contributed by atoms with Gasteiger partial charge in [-0.15, -0.1) is 0 Å². The highest BCUT2D eigenvalue weighted by Gasteiger charge is 2.09. The van der Waals surface area contributed by atoms with Crippen LogP contribution in [0, 0.1) is 6.92 Å². The van der Waals surface area contributed by atoms with E-state index in [1.165, 1.54) is 0 Å². The third-order valence-electron chi connectivity index (χ3n) is 3.27. The molecule has 3 nitrogen and oxygen atoms in total. The molecule has 0 unspecified atom stereocenters. The number of nitrogens with zero attached hydrogens (tertiary/aromatic N) is 2. The van der Waals surface area contributed by atoms with E-state index in [4.69, 9.17) is 11.6 Å². The van der Waals surface area contributed by atoms with E-state index in [1.54, 1.807) is 0 Å². The van der Waals surface area contributed by atoms with Crippen molar-refractivity contribution < 1.29 is 0 Å². The molecule has 0 aliphatic heterocycles. The number of para-hydroxylation sites is 1. The summed E-state index contributed by atoms with van der Waals surface area (Å²) in [4.78, 5) is 9.28. The summed E-state index contributed by atoms with van der Waals surface area (Å²) < 4.78 is 0. The van der Waals surface area contributed by atoms with Crippen LogP contribution in [-0.4, -0.2) is 17.0 Å². The molecule has 0 fully saturated rings. The summed E-state index contributed by atoms with van der Waals surface area (Å²) in [6.07, 6.45) is 0. The van der Waals surface area contributed by atoms with E-state index in [1.807, 2.05) is 43.4 Å². The number of aryl methyl sites for hydroxylation is 1. The maximum Gasteiger partial charge on any atom is 0.162 e. The van der Waals surface area contributed by atoms with Crippen molar-refractivity contribution in [3.63, 3.8) is 0 Å². The Labute approximate surface area is 122 Å². The molecule has 0 radical (unpaired) electrons. The first-order valence-electron chi connectivity index (χ1n) is 6.40. The second kappa shape index (κ2) is 5.10. The van der Waals surface area contributed by atoms with Crippen LogP contribution in [0.4, 0.5) is 5.82 Å². The minimum absolute atomic E-state index is 0.702. The van der Waals surface area contributed by atoms with Crippen LogP contribution in [0.25, 0.3) is 22.3 Å². The molecule has 0 amide bonds. The standard InChI is InChI=1S/C16H14ClN3/c1-10-4-3-5-13-14(10)19-15(20-16(13)18-2)11-6-8-12(17)9-7-11/h3-9H,1-2H3,(H,18,19,20). The average molecular weight is 284 g/mol. The molecule has 0 aliphatic carbocycles. The van der Waals surface area contributed by atoms with Gasteiger partial charge in [-0.05, 0) is 42.8 Å². The molecule has 0 saturated carbocycles. The molecule has 0 aliphatic rings. The van der Waals surface area contributed by atoms with Gasteiger partial charge in [0, 0.05) is 23.0 Å². The molecule has 3 aromatic rings. The van der Waals surface area contributed by atoms with Gasteiger partial charge in [-0.3, -0.25) is 0 Å². The number of benzene rings is 2. The van der Waals surface area contributed by atoms with Crippen LogP contribution in [-0.2, 0) is 0 Å². The van der Waals surface area contributed by atoms with Gasteiger partial charge in [-0.1, -0.05) is 23.7 Å². The first-order chi connectivity index (χ1) is 9.69. The van der Waals surface area contributed by atoms with Gasteiger partial charge in [-0.2, -0.15) is 0 Å². The lowest BCUT2D eigenvalue weighted by Gasteiger charge is -2.09. The SMILES string of the molecule is CNc1nc(-c2ccc(Cl)cc2)nc2c(C)cccc12. The third kappa shape index (κ3) is 2.21. The maximum absolute atomic E-state index is 5.92. The number of halogens is 1. The van der Waals surface area contributed by atoms with Crippen molar-refractivity contribution >= 4 is 28.3 Å². The zero-order valence-electron chi connectivity index (χ0n) is 11.3. The molecular formula is C16H14ClN3. The molecule has 1 aromatic heterocycles. The molecule has 4 heteroatoms. The van der Waals surface area contributed by atoms with Crippen LogP contribution in [0.2, 0.25) is 5.02 Å². The predicted molar refractivity (Wildman–Crippen MR) is 84.3 cm³/mol. The van der Waals surface area contributed by atoms with E-state index in [0.29, 0.717) is 10.8 Å². The molecular weight excluding hydrogens is 270 g/mol. The largest absolute Gasteiger partial charge is 0.373 e. The van der Waals surface area contributed by atoms with Crippen LogP contribution in [0.3, 0.4) is 0 Å². The van der Waals surface area contributed by atoms with E-state index in [-0.39, 0.29) is 0 Å². The second-order valence-corrected chi connectivity index (χ2v) is 5.06. The molecule has 1 N–H and O–H groups in total.